The maximum Gasteiger partial charge on any atom is 0.232 e. The molecule has 1 aromatic carbocycles. The van der Waals surface area contributed by atoms with E-state index in [2.05, 4.69) is 25.5 Å². The van der Waals surface area contributed by atoms with Crippen LogP contribution in [-0.2, 0) is 0 Å². The molecule has 12 heteroatoms. The maximum absolute atomic E-state index is 6.21. The van der Waals surface area contributed by atoms with Crippen LogP contribution in [0, 0.1) is 0 Å². The monoisotopic (exact) mass is 490 g/mol. The van der Waals surface area contributed by atoms with Gasteiger partial charge < -0.3 is 9.64 Å². The molecule has 166 valence electrons. The predicted octanol–water partition coefficient (Wildman–Crippen LogP) is 4.18. The maximum atomic E-state index is 6.21. The van der Waals surface area contributed by atoms with E-state index in [1.807, 2.05) is 35.7 Å². The Kier molecular flexibility index (Phi) is 6.26. The summed E-state index contributed by atoms with van der Waals surface area (Å²) in [5.74, 6) is 1.82. The molecule has 0 radical (unpaired) electrons. The van der Waals surface area contributed by atoms with Crippen molar-refractivity contribution in [2.75, 3.05) is 18.0 Å². The summed E-state index contributed by atoms with van der Waals surface area (Å²) in [6.45, 7) is 1.74. The third-order valence-electron chi connectivity index (χ3n) is 5.25. The number of hydrazone groups is 1. The van der Waals surface area contributed by atoms with E-state index in [0.29, 0.717) is 16.9 Å². The second kappa shape index (κ2) is 9.45. The first kappa shape index (κ1) is 21.2. The van der Waals surface area contributed by atoms with Gasteiger partial charge in [-0.15, -0.1) is 26.6 Å². The molecular weight excluding hydrogens is 471 g/mol. The zero-order valence-corrected chi connectivity index (χ0v) is 19.2. The number of thiazole rings is 1. The molecule has 0 amide bonds. The number of rotatable bonds is 6. The fourth-order valence-corrected chi connectivity index (χ4v) is 4.87. The highest BCUT2D eigenvalue weighted by atomic mass is 35.5. The Labute approximate surface area is 199 Å². The minimum absolute atomic E-state index is 0.374. The first-order valence-corrected chi connectivity index (χ1v) is 11.7. The summed E-state index contributed by atoms with van der Waals surface area (Å²) in [4.78, 5) is 15.8. The normalized spacial score (nSPS) is 17.8. The zero-order valence-electron chi connectivity index (χ0n) is 16.9. The fourth-order valence-electron chi connectivity index (χ4n) is 3.65. The van der Waals surface area contributed by atoms with Gasteiger partial charge in [0.1, 0.15) is 17.8 Å². The van der Waals surface area contributed by atoms with Crippen LogP contribution in [0.2, 0.25) is 5.02 Å². The Hall–Kier alpha value is -2.66. The number of hydrogen-bond donors (Lipinski definition) is 1. The van der Waals surface area contributed by atoms with E-state index in [1.165, 1.54) is 0 Å². The van der Waals surface area contributed by atoms with Crippen LogP contribution in [0.4, 0.5) is 5.95 Å². The quantitative estimate of drug-likeness (QED) is 0.515. The van der Waals surface area contributed by atoms with Crippen LogP contribution in [0.1, 0.15) is 35.7 Å². The van der Waals surface area contributed by atoms with Crippen molar-refractivity contribution < 1.29 is 4.74 Å². The Bertz CT molecular complexity index is 1060. The van der Waals surface area contributed by atoms with Gasteiger partial charge in [0.15, 0.2) is 0 Å². The molecule has 5 rings (SSSR count). The van der Waals surface area contributed by atoms with Crippen molar-refractivity contribution in [3.8, 4) is 5.75 Å². The lowest BCUT2D eigenvalue weighted by Gasteiger charge is -2.31. The van der Waals surface area contributed by atoms with Gasteiger partial charge in [-0.25, -0.2) is 20.0 Å². The minimum atomic E-state index is -0.516. The molecule has 9 nitrogen and oxygen atoms in total. The van der Waals surface area contributed by atoms with Gasteiger partial charge in [-0.05, 0) is 25.0 Å². The summed E-state index contributed by atoms with van der Waals surface area (Å²) >= 11 is 13.5. The standard InChI is InChI=1S/C20H20Cl2N8OS/c21-15-10-23-20(24-11-15)28-8-6-14(7-9-28)18-26-17(12-32-18)19(29-13-25-30(22)27-29)31-16-4-2-1-3-5-16/h1-5,10-14,19,27H,6-9H2. The molecular formula is C20H20Cl2N8OS. The average Bonchev–Trinajstić information content (AvgIpc) is 3.48. The number of benzene rings is 1. The van der Waals surface area contributed by atoms with Gasteiger partial charge in [-0.2, -0.15) is 0 Å². The number of piperidine rings is 1. The van der Waals surface area contributed by atoms with Gasteiger partial charge in [0.05, 0.1) is 34.2 Å². The Morgan fingerprint density at radius 2 is 1.88 bits per heavy atom. The molecule has 0 bridgehead atoms. The number of nitrogens with zero attached hydrogens (tertiary/aromatic N) is 7. The Morgan fingerprint density at radius 1 is 1.12 bits per heavy atom. The van der Waals surface area contributed by atoms with Crippen LogP contribution >= 0.6 is 34.7 Å². The summed E-state index contributed by atoms with van der Waals surface area (Å²) in [6.07, 6.45) is 6.27. The molecule has 1 N–H and O–H groups in total. The number of ether oxygens (including phenoxy) is 1. The number of anilines is 1. The second-order valence-electron chi connectivity index (χ2n) is 7.35. The molecule has 4 heterocycles. The van der Waals surface area contributed by atoms with Crippen molar-refractivity contribution in [1.29, 1.82) is 0 Å². The van der Waals surface area contributed by atoms with Crippen molar-refractivity contribution >= 4 is 47.0 Å². The molecule has 1 saturated heterocycles. The summed E-state index contributed by atoms with van der Waals surface area (Å²) in [6, 6.07) is 9.61. The number of hydrogen-bond acceptors (Lipinski definition) is 10. The van der Waals surface area contributed by atoms with E-state index >= 15 is 0 Å². The lowest BCUT2D eigenvalue weighted by Crippen LogP contribution is -2.41. The first-order chi connectivity index (χ1) is 15.7. The van der Waals surface area contributed by atoms with E-state index < -0.39 is 6.23 Å². The molecule has 3 aromatic rings. The summed E-state index contributed by atoms with van der Waals surface area (Å²) in [7, 11) is 0. The van der Waals surface area contributed by atoms with E-state index in [1.54, 1.807) is 35.1 Å². The third kappa shape index (κ3) is 4.73. The predicted molar refractivity (Wildman–Crippen MR) is 124 cm³/mol. The smallest absolute Gasteiger partial charge is 0.232 e. The Balaban J connectivity index is 1.29. The highest BCUT2D eigenvalue weighted by Gasteiger charge is 2.30. The zero-order chi connectivity index (χ0) is 21.9. The van der Waals surface area contributed by atoms with E-state index in [9.17, 15) is 0 Å². The van der Waals surface area contributed by atoms with Crippen molar-refractivity contribution in [3.63, 3.8) is 0 Å². The van der Waals surface area contributed by atoms with Crippen LogP contribution in [0.15, 0.2) is 53.2 Å². The van der Waals surface area contributed by atoms with Gasteiger partial charge >= 0.3 is 0 Å². The van der Waals surface area contributed by atoms with Crippen LogP contribution in [0.3, 0.4) is 0 Å². The summed E-state index contributed by atoms with van der Waals surface area (Å²) in [5, 5.41) is 9.35. The highest BCUT2D eigenvalue weighted by Crippen LogP contribution is 2.34. The molecule has 32 heavy (non-hydrogen) atoms. The lowest BCUT2D eigenvalue weighted by molar-refractivity contribution is 0.0197. The summed E-state index contributed by atoms with van der Waals surface area (Å²) in [5.41, 5.74) is 3.70. The van der Waals surface area contributed by atoms with E-state index in [-0.39, 0.29) is 0 Å². The molecule has 0 saturated carbocycles. The van der Waals surface area contributed by atoms with Crippen molar-refractivity contribution in [2.24, 2.45) is 5.10 Å². The van der Waals surface area contributed by atoms with Crippen molar-refractivity contribution in [3.05, 3.63) is 63.8 Å². The molecule has 0 aliphatic carbocycles. The average molecular weight is 491 g/mol. The van der Waals surface area contributed by atoms with Crippen LogP contribution in [0.25, 0.3) is 0 Å². The van der Waals surface area contributed by atoms with Gasteiger partial charge in [-0.1, -0.05) is 29.8 Å². The topological polar surface area (TPSA) is 82.0 Å². The third-order valence-corrected chi connectivity index (χ3v) is 6.63. The first-order valence-electron chi connectivity index (χ1n) is 10.1. The Morgan fingerprint density at radius 3 is 2.56 bits per heavy atom. The van der Waals surface area contributed by atoms with E-state index in [4.69, 9.17) is 33.1 Å². The van der Waals surface area contributed by atoms with Gasteiger partial charge in [0.2, 0.25) is 12.2 Å². The van der Waals surface area contributed by atoms with Crippen LogP contribution in [-0.4, -0.2) is 44.0 Å². The number of hydrazine groups is 2. The number of halogens is 2. The summed E-state index contributed by atoms with van der Waals surface area (Å²) < 4.78 is 7.31. The van der Waals surface area contributed by atoms with Gasteiger partial charge in [0.25, 0.3) is 0 Å². The molecule has 2 aromatic heterocycles. The fraction of sp³-hybridized carbons (Fsp3) is 0.300. The number of para-hydroxylation sites is 1. The lowest BCUT2D eigenvalue weighted by atomic mass is 9.98. The molecule has 2 aliphatic heterocycles. The van der Waals surface area contributed by atoms with Crippen molar-refractivity contribution in [1.82, 2.24) is 30.1 Å². The van der Waals surface area contributed by atoms with Gasteiger partial charge in [-0.3, -0.25) is 0 Å². The highest BCUT2D eigenvalue weighted by molar-refractivity contribution is 7.09. The molecule has 0 spiro atoms. The van der Waals surface area contributed by atoms with Crippen LogP contribution in [0.5, 0.6) is 5.75 Å². The largest absolute Gasteiger partial charge is 0.463 e. The minimum Gasteiger partial charge on any atom is -0.463 e. The van der Waals surface area contributed by atoms with Gasteiger partial charge in [0, 0.05) is 24.4 Å². The number of aromatic nitrogens is 3. The molecule has 2 aliphatic rings. The van der Waals surface area contributed by atoms with E-state index in [0.717, 1.165) is 47.0 Å². The second-order valence-corrected chi connectivity index (χ2v) is 9.00. The molecule has 1 unspecified atom stereocenters. The number of nitrogens with one attached hydrogen (secondary N) is 1. The molecule has 1 atom stereocenters. The molecule has 1 fully saturated rings. The SMILES string of the molecule is Clc1cnc(N2CCC(c3nc(C(Oc4ccccc4)N4C=NN(Cl)N4)cs3)CC2)nc1. The van der Waals surface area contributed by atoms with Crippen LogP contribution < -0.4 is 15.2 Å². The van der Waals surface area contributed by atoms with Crippen molar-refractivity contribution in [2.45, 2.75) is 25.0 Å².